The largest absolute Gasteiger partial charge is 0.352 e. The van der Waals surface area contributed by atoms with Crippen LogP contribution >= 0.6 is 12.4 Å². The summed E-state index contributed by atoms with van der Waals surface area (Å²) in [5.74, 6) is 0.752. The van der Waals surface area contributed by atoms with Crippen LogP contribution in [0.15, 0.2) is 0 Å². The van der Waals surface area contributed by atoms with Gasteiger partial charge in [0.1, 0.15) is 0 Å². The zero-order chi connectivity index (χ0) is 13.8. The monoisotopic (exact) mass is 303 g/mol. The fourth-order valence-electron chi connectivity index (χ4n) is 3.33. The van der Waals surface area contributed by atoms with E-state index in [-0.39, 0.29) is 30.4 Å². The van der Waals surface area contributed by atoms with Crippen molar-refractivity contribution in [3.8, 4) is 0 Å². The molecule has 2 fully saturated rings. The number of hydrogen-bond acceptors (Lipinski definition) is 3. The molecule has 1 amide bonds. The normalized spacial score (nSPS) is 27.6. The van der Waals surface area contributed by atoms with Crippen LogP contribution in [-0.2, 0) is 4.79 Å². The maximum Gasteiger partial charge on any atom is 0.237 e. The highest BCUT2D eigenvalue weighted by Gasteiger charge is 2.31. The van der Waals surface area contributed by atoms with Gasteiger partial charge in [-0.05, 0) is 45.6 Å². The summed E-state index contributed by atoms with van der Waals surface area (Å²) in [5, 5.41) is 3.23. The molecule has 1 aliphatic carbocycles. The minimum absolute atomic E-state index is 0. The molecule has 0 aromatic rings. The molecule has 3 atom stereocenters. The van der Waals surface area contributed by atoms with Gasteiger partial charge in [0.05, 0.1) is 6.04 Å². The molecule has 5 heteroatoms. The molecular weight excluding hydrogens is 274 g/mol. The van der Waals surface area contributed by atoms with Gasteiger partial charge < -0.3 is 11.1 Å². The van der Waals surface area contributed by atoms with Gasteiger partial charge in [-0.1, -0.05) is 19.3 Å². The van der Waals surface area contributed by atoms with Crippen molar-refractivity contribution in [1.82, 2.24) is 10.2 Å². The standard InChI is InChI=1S/C15H29N3O.ClH/c1-11(16)13-8-9-18(10-13)12(2)15(19)17-14-6-4-3-5-7-14;/h11-14H,3-10,16H2,1-2H3,(H,17,19);1H. The summed E-state index contributed by atoms with van der Waals surface area (Å²) in [6, 6.07) is 0.639. The topological polar surface area (TPSA) is 58.4 Å². The van der Waals surface area contributed by atoms with Crippen molar-refractivity contribution in [3.63, 3.8) is 0 Å². The fraction of sp³-hybridized carbons (Fsp3) is 0.933. The summed E-state index contributed by atoms with van der Waals surface area (Å²) in [6.07, 6.45) is 7.27. The summed E-state index contributed by atoms with van der Waals surface area (Å²) < 4.78 is 0. The maximum absolute atomic E-state index is 12.3. The molecule has 0 aromatic carbocycles. The summed E-state index contributed by atoms with van der Waals surface area (Å²) in [7, 11) is 0. The van der Waals surface area contributed by atoms with Crippen molar-refractivity contribution >= 4 is 18.3 Å². The first kappa shape index (κ1) is 17.7. The van der Waals surface area contributed by atoms with Gasteiger partial charge in [0.15, 0.2) is 0 Å². The van der Waals surface area contributed by atoms with E-state index in [1.807, 2.05) is 6.92 Å². The first-order valence-electron chi connectivity index (χ1n) is 7.88. The lowest BCUT2D eigenvalue weighted by Gasteiger charge is -2.28. The van der Waals surface area contributed by atoms with Crippen LogP contribution < -0.4 is 11.1 Å². The second kappa shape index (κ2) is 8.20. The molecule has 2 rings (SSSR count). The van der Waals surface area contributed by atoms with E-state index in [9.17, 15) is 4.79 Å². The van der Waals surface area contributed by atoms with Crippen molar-refractivity contribution in [2.24, 2.45) is 11.7 Å². The van der Waals surface area contributed by atoms with Crippen molar-refractivity contribution in [2.45, 2.75) is 70.5 Å². The highest BCUT2D eigenvalue weighted by molar-refractivity contribution is 5.85. The Balaban J connectivity index is 0.00000200. The molecule has 4 nitrogen and oxygen atoms in total. The molecule has 3 N–H and O–H groups in total. The Bertz CT molecular complexity index is 305. The van der Waals surface area contributed by atoms with E-state index < -0.39 is 0 Å². The lowest BCUT2D eigenvalue weighted by atomic mass is 9.95. The van der Waals surface area contributed by atoms with Crippen LogP contribution in [0.4, 0.5) is 0 Å². The number of nitrogens with one attached hydrogen (secondary N) is 1. The van der Waals surface area contributed by atoms with Crippen LogP contribution in [-0.4, -0.2) is 42.0 Å². The molecule has 0 radical (unpaired) electrons. The number of halogens is 1. The Morgan fingerprint density at radius 3 is 2.40 bits per heavy atom. The molecule has 0 bridgehead atoms. The van der Waals surface area contributed by atoms with Crippen LogP contribution in [0.2, 0.25) is 0 Å². The first-order chi connectivity index (χ1) is 9.08. The van der Waals surface area contributed by atoms with Gasteiger partial charge >= 0.3 is 0 Å². The maximum atomic E-state index is 12.3. The Kier molecular flexibility index (Phi) is 7.27. The van der Waals surface area contributed by atoms with Gasteiger partial charge in [0.25, 0.3) is 0 Å². The summed E-state index contributed by atoms with van der Waals surface area (Å²) in [6.45, 7) is 6.07. The highest BCUT2D eigenvalue weighted by Crippen LogP contribution is 2.22. The van der Waals surface area contributed by atoms with Crippen LogP contribution in [0.25, 0.3) is 0 Å². The number of nitrogens with two attached hydrogens (primary N) is 1. The predicted molar refractivity (Wildman–Crippen MR) is 85.1 cm³/mol. The highest BCUT2D eigenvalue weighted by atomic mass is 35.5. The van der Waals surface area contributed by atoms with Crippen molar-refractivity contribution in [1.29, 1.82) is 0 Å². The van der Waals surface area contributed by atoms with Crippen LogP contribution in [0.1, 0.15) is 52.4 Å². The summed E-state index contributed by atoms with van der Waals surface area (Å²) in [4.78, 5) is 14.6. The van der Waals surface area contributed by atoms with Gasteiger partial charge in [-0.2, -0.15) is 0 Å². The SMILES string of the molecule is CC(N)C1CCN(C(C)C(=O)NC2CCCCC2)C1.Cl. The molecule has 1 aliphatic heterocycles. The Morgan fingerprint density at radius 2 is 1.85 bits per heavy atom. The fourth-order valence-corrected chi connectivity index (χ4v) is 3.33. The number of amides is 1. The van der Waals surface area contributed by atoms with E-state index in [1.54, 1.807) is 0 Å². The van der Waals surface area contributed by atoms with Crippen molar-refractivity contribution < 1.29 is 4.79 Å². The summed E-state index contributed by atoms with van der Waals surface area (Å²) in [5.41, 5.74) is 5.96. The number of rotatable bonds is 4. The third kappa shape index (κ3) is 4.61. The molecule has 118 valence electrons. The predicted octanol–water partition coefficient (Wildman–Crippen LogP) is 1.91. The second-order valence-corrected chi connectivity index (χ2v) is 6.42. The van der Waals surface area contributed by atoms with Gasteiger partial charge in [0.2, 0.25) is 5.91 Å². The minimum atomic E-state index is -0.00863. The lowest BCUT2D eigenvalue weighted by Crippen LogP contribution is -2.48. The Hall–Kier alpha value is -0.320. The zero-order valence-corrected chi connectivity index (χ0v) is 13.6. The molecule has 2 aliphatic rings. The average molecular weight is 304 g/mol. The minimum Gasteiger partial charge on any atom is -0.352 e. The first-order valence-corrected chi connectivity index (χ1v) is 7.88. The number of likely N-dealkylation sites (tertiary alicyclic amines) is 1. The van der Waals surface area contributed by atoms with E-state index in [4.69, 9.17) is 5.73 Å². The molecule has 1 heterocycles. The zero-order valence-electron chi connectivity index (χ0n) is 12.8. The van der Waals surface area contributed by atoms with Crippen LogP contribution in [0.3, 0.4) is 0 Å². The van der Waals surface area contributed by atoms with E-state index in [0.29, 0.717) is 12.0 Å². The quantitative estimate of drug-likeness (QED) is 0.834. The average Bonchev–Trinajstić information content (AvgIpc) is 2.88. The Labute approximate surface area is 129 Å². The number of nitrogens with zero attached hydrogens (tertiary/aromatic N) is 1. The van der Waals surface area contributed by atoms with Gasteiger partial charge in [-0.15, -0.1) is 12.4 Å². The van der Waals surface area contributed by atoms with E-state index in [1.165, 1.54) is 19.3 Å². The summed E-state index contributed by atoms with van der Waals surface area (Å²) >= 11 is 0. The molecule has 3 unspecified atom stereocenters. The number of hydrogen-bond donors (Lipinski definition) is 2. The van der Waals surface area contributed by atoms with Crippen molar-refractivity contribution in [3.05, 3.63) is 0 Å². The van der Waals surface area contributed by atoms with E-state index in [0.717, 1.165) is 32.4 Å². The van der Waals surface area contributed by atoms with Crippen LogP contribution in [0, 0.1) is 5.92 Å². The molecule has 20 heavy (non-hydrogen) atoms. The Morgan fingerprint density at radius 1 is 1.20 bits per heavy atom. The third-order valence-electron chi connectivity index (χ3n) is 4.88. The molecule has 1 saturated carbocycles. The van der Waals surface area contributed by atoms with Crippen LogP contribution in [0.5, 0.6) is 0 Å². The van der Waals surface area contributed by atoms with Gasteiger partial charge in [-0.3, -0.25) is 9.69 Å². The second-order valence-electron chi connectivity index (χ2n) is 6.42. The van der Waals surface area contributed by atoms with Gasteiger partial charge in [-0.25, -0.2) is 0 Å². The molecule has 0 spiro atoms. The smallest absolute Gasteiger partial charge is 0.237 e. The lowest BCUT2D eigenvalue weighted by molar-refractivity contribution is -0.126. The molecule has 1 saturated heterocycles. The number of carbonyl (C=O) groups excluding carboxylic acids is 1. The van der Waals surface area contributed by atoms with Gasteiger partial charge in [0, 0.05) is 18.6 Å². The van der Waals surface area contributed by atoms with Crippen molar-refractivity contribution in [2.75, 3.05) is 13.1 Å². The van der Waals surface area contributed by atoms with E-state index >= 15 is 0 Å². The molecular formula is C15H30ClN3O. The third-order valence-corrected chi connectivity index (χ3v) is 4.88. The number of carbonyl (C=O) groups is 1. The van der Waals surface area contributed by atoms with E-state index in [2.05, 4.69) is 17.1 Å². The molecule has 0 aromatic heterocycles.